The van der Waals surface area contributed by atoms with Gasteiger partial charge in [0.1, 0.15) is 17.5 Å². The zero-order valence-corrected chi connectivity index (χ0v) is 22.0. The summed E-state index contributed by atoms with van der Waals surface area (Å²) in [6.07, 6.45) is 3.83. The zero-order valence-electron chi connectivity index (χ0n) is 20.3. The second-order valence-electron chi connectivity index (χ2n) is 9.76. The van der Waals surface area contributed by atoms with E-state index in [9.17, 15) is 17.6 Å². The van der Waals surface area contributed by atoms with E-state index in [-0.39, 0.29) is 28.6 Å². The highest BCUT2D eigenvalue weighted by Crippen LogP contribution is 2.31. The summed E-state index contributed by atoms with van der Waals surface area (Å²) >= 11 is 1.25. The minimum absolute atomic E-state index is 0.0838. The number of fused-ring (bicyclic) bond motifs is 1. The van der Waals surface area contributed by atoms with E-state index < -0.39 is 21.3 Å². The number of benzene rings is 1. The predicted molar refractivity (Wildman–Crippen MR) is 130 cm³/mol. The average molecular weight is 525 g/mol. The van der Waals surface area contributed by atoms with Crippen LogP contribution in [0.3, 0.4) is 0 Å². The Bertz CT molecular complexity index is 1310. The van der Waals surface area contributed by atoms with Gasteiger partial charge < -0.3 is 14.4 Å². The molecule has 190 valence electrons. The molecule has 35 heavy (non-hydrogen) atoms. The normalized spacial score (nSPS) is 16.5. The summed E-state index contributed by atoms with van der Waals surface area (Å²) in [4.78, 5) is 18.9. The molecule has 0 spiro atoms. The quantitative estimate of drug-likeness (QED) is 0.487. The van der Waals surface area contributed by atoms with Gasteiger partial charge in [-0.3, -0.25) is 0 Å². The summed E-state index contributed by atoms with van der Waals surface area (Å²) in [6.45, 7) is 8.77. The molecule has 1 aromatic carbocycles. The van der Waals surface area contributed by atoms with Gasteiger partial charge in [-0.15, -0.1) is 5.10 Å². The highest BCUT2D eigenvalue weighted by Gasteiger charge is 2.30. The molecule has 3 aromatic rings. The molecule has 1 atom stereocenters. The number of aromatic nitrogens is 3. The van der Waals surface area contributed by atoms with E-state index in [1.807, 2.05) is 27.7 Å². The fraction of sp³-hybridized carbons (Fsp3) is 0.522. The van der Waals surface area contributed by atoms with Crippen LogP contribution in [-0.4, -0.2) is 65.1 Å². The molecule has 0 radical (unpaired) electrons. The van der Waals surface area contributed by atoms with Gasteiger partial charge >= 0.3 is 6.09 Å². The van der Waals surface area contributed by atoms with Gasteiger partial charge in [-0.25, -0.2) is 27.1 Å². The highest BCUT2D eigenvalue weighted by molar-refractivity contribution is 7.90. The summed E-state index contributed by atoms with van der Waals surface area (Å²) < 4.78 is 50.8. The summed E-state index contributed by atoms with van der Waals surface area (Å²) in [7, 11) is -3.50. The van der Waals surface area contributed by atoms with Gasteiger partial charge in [0.2, 0.25) is 4.96 Å². The third-order valence-corrected chi connectivity index (χ3v) is 7.73. The predicted octanol–water partition coefficient (Wildman–Crippen LogP) is 4.41. The van der Waals surface area contributed by atoms with E-state index in [0.717, 1.165) is 25.2 Å². The highest BCUT2D eigenvalue weighted by atomic mass is 32.2. The van der Waals surface area contributed by atoms with Gasteiger partial charge in [0.15, 0.2) is 9.84 Å². The molecule has 1 aliphatic rings. The Labute approximate surface area is 207 Å². The topological polar surface area (TPSA) is 103 Å². The number of rotatable bonds is 5. The molecule has 0 saturated carbocycles. The van der Waals surface area contributed by atoms with Crippen LogP contribution >= 0.6 is 11.3 Å². The Morgan fingerprint density at radius 1 is 1.26 bits per heavy atom. The van der Waals surface area contributed by atoms with Crippen LogP contribution in [-0.2, 0) is 14.6 Å². The van der Waals surface area contributed by atoms with E-state index in [4.69, 9.17) is 9.47 Å². The van der Waals surface area contributed by atoms with Crippen molar-refractivity contribution in [2.24, 2.45) is 5.92 Å². The summed E-state index contributed by atoms with van der Waals surface area (Å²) in [6, 6.07) is 3.76. The lowest BCUT2D eigenvalue weighted by Gasteiger charge is -2.35. The molecule has 1 amide bonds. The van der Waals surface area contributed by atoms with Crippen molar-refractivity contribution in [1.82, 2.24) is 19.5 Å². The number of likely N-dealkylation sites (tertiary alicyclic amines) is 1. The summed E-state index contributed by atoms with van der Waals surface area (Å²) in [5.74, 6) is -0.399. The molecule has 0 aliphatic carbocycles. The number of halogens is 1. The van der Waals surface area contributed by atoms with Gasteiger partial charge in [-0.2, -0.15) is 0 Å². The first-order valence-electron chi connectivity index (χ1n) is 11.3. The van der Waals surface area contributed by atoms with Gasteiger partial charge in [-0.05, 0) is 76.0 Å². The van der Waals surface area contributed by atoms with E-state index in [1.165, 1.54) is 28.0 Å². The SMILES string of the molecule is CC(Oc1nn2cc(-c3ccc(S(C)(=O)=O)cc3F)nc2s1)C1CCN(C(=O)OC(C)(C)C)CC1. The number of ether oxygens (including phenoxy) is 2. The maximum atomic E-state index is 14.5. The molecule has 1 aliphatic heterocycles. The lowest BCUT2D eigenvalue weighted by atomic mass is 9.92. The smallest absolute Gasteiger partial charge is 0.410 e. The van der Waals surface area contributed by atoms with Crippen LogP contribution in [0.2, 0.25) is 0 Å². The molecule has 1 fully saturated rings. The van der Waals surface area contributed by atoms with Gasteiger partial charge in [0, 0.05) is 24.9 Å². The number of imidazole rings is 1. The molecule has 1 unspecified atom stereocenters. The van der Waals surface area contributed by atoms with E-state index in [1.54, 1.807) is 11.1 Å². The van der Waals surface area contributed by atoms with Crippen LogP contribution in [0.1, 0.15) is 40.5 Å². The maximum Gasteiger partial charge on any atom is 0.410 e. The molecule has 4 rings (SSSR count). The number of piperidine rings is 1. The first-order chi connectivity index (χ1) is 16.3. The third-order valence-electron chi connectivity index (χ3n) is 5.81. The number of nitrogens with zero attached hydrogens (tertiary/aromatic N) is 4. The lowest BCUT2D eigenvalue weighted by molar-refractivity contribution is 0.0120. The molecule has 1 saturated heterocycles. The molecular weight excluding hydrogens is 495 g/mol. The maximum absolute atomic E-state index is 14.5. The van der Waals surface area contributed by atoms with E-state index in [2.05, 4.69) is 10.1 Å². The van der Waals surface area contributed by atoms with Crippen molar-refractivity contribution in [3.63, 3.8) is 0 Å². The largest absolute Gasteiger partial charge is 0.466 e. The second-order valence-corrected chi connectivity index (χ2v) is 12.7. The Kier molecular flexibility index (Phi) is 6.80. The number of carbonyl (C=O) groups excluding carboxylic acids is 1. The second kappa shape index (κ2) is 9.38. The number of carbonyl (C=O) groups is 1. The molecule has 0 bridgehead atoms. The van der Waals surface area contributed by atoms with Crippen molar-refractivity contribution in [2.75, 3.05) is 19.3 Å². The summed E-state index contributed by atoms with van der Waals surface area (Å²) in [5.41, 5.74) is 0.0379. The lowest BCUT2D eigenvalue weighted by Crippen LogP contribution is -2.44. The van der Waals surface area contributed by atoms with Crippen molar-refractivity contribution in [3.8, 4) is 16.5 Å². The summed E-state index contributed by atoms with van der Waals surface area (Å²) in [5, 5.41) is 4.86. The Hall–Kier alpha value is -2.73. The molecule has 0 N–H and O–H groups in total. The van der Waals surface area contributed by atoms with Crippen molar-refractivity contribution in [3.05, 3.63) is 30.2 Å². The molecule has 9 nitrogen and oxygen atoms in total. The average Bonchev–Trinajstić information content (AvgIpc) is 3.30. The molecular formula is C23H29FN4O5S2. The number of sulfone groups is 1. The fourth-order valence-corrected chi connectivity index (χ4v) is 5.38. The van der Waals surface area contributed by atoms with Crippen molar-refractivity contribution < 1.29 is 27.1 Å². The van der Waals surface area contributed by atoms with Crippen LogP contribution in [0, 0.1) is 11.7 Å². The van der Waals surface area contributed by atoms with Crippen molar-refractivity contribution >= 4 is 32.2 Å². The minimum atomic E-state index is -3.50. The van der Waals surface area contributed by atoms with Crippen molar-refractivity contribution in [2.45, 2.75) is 57.1 Å². The van der Waals surface area contributed by atoms with Crippen LogP contribution < -0.4 is 4.74 Å². The van der Waals surface area contributed by atoms with E-state index >= 15 is 0 Å². The Morgan fingerprint density at radius 2 is 1.94 bits per heavy atom. The van der Waals surface area contributed by atoms with E-state index in [0.29, 0.717) is 28.9 Å². The number of hydrogen-bond acceptors (Lipinski definition) is 8. The fourth-order valence-electron chi connectivity index (χ4n) is 3.93. The van der Waals surface area contributed by atoms with Crippen LogP contribution in [0.5, 0.6) is 5.19 Å². The standard InChI is InChI=1S/C23H29FN4O5S2/c1-14(15-8-10-27(11-9-15)22(29)33-23(2,3)4)32-21-26-28-13-19(25-20(28)34-21)17-7-6-16(12-18(17)24)35(5,30)31/h6-7,12-15H,8-11H2,1-5H3. The first-order valence-corrected chi connectivity index (χ1v) is 14.0. The molecule has 12 heteroatoms. The first kappa shape index (κ1) is 25.4. The van der Waals surface area contributed by atoms with Gasteiger partial charge in [-0.1, -0.05) is 0 Å². The van der Waals surface area contributed by atoms with Crippen LogP contribution in [0.25, 0.3) is 16.2 Å². The van der Waals surface area contributed by atoms with Crippen molar-refractivity contribution in [1.29, 1.82) is 0 Å². The Balaban J connectivity index is 1.38. The zero-order chi connectivity index (χ0) is 25.5. The minimum Gasteiger partial charge on any atom is -0.466 e. The van der Waals surface area contributed by atoms with Crippen LogP contribution in [0.15, 0.2) is 29.3 Å². The number of hydrogen-bond donors (Lipinski definition) is 0. The van der Waals surface area contributed by atoms with Gasteiger partial charge in [0.25, 0.3) is 5.19 Å². The molecule has 2 aromatic heterocycles. The third kappa shape index (κ3) is 5.92. The molecule has 3 heterocycles. The monoisotopic (exact) mass is 524 g/mol. The van der Waals surface area contributed by atoms with Gasteiger partial charge in [0.05, 0.1) is 16.8 Å². The number of amides is 1. The van der Waals surface area contributed by atoms with Crippen LogP contribution in [0.4, 0.5) is 9.18 Å². The Morgan fingerprint density at radius 3 is 2.51 bits per heavy atom.